The zero-order valence-electron chi connectivity index (χ0n) is 13.2. The monoisotopic (exact) mass is 270 g/mol. The Balaban J connectivity index is 2.52. The van der Waals surface area contributed by atoms with E-state index in [4.69, 9.17) is 9.47 Å². The van der Waals surface area contributed by atoms with Crippen molar-refractivity contribution in [2.75, 3.05) is 13.7 Å². The van der Waals surface area contributed by atoms with Crippen molar-refractivity contribution in [2.24, 2.45) is 11.3 Å². The number of rotatable bonds is 7. The van der Waals surface area contributed by atoms with Gasteiger partial charge in [0.05, 0.1) is 24.7 Å². The third-order valence-electron chi connectivity index (χ3n) is 3.94. The smallest absolute Gasteiger partial charge is 0.146 e. The van der Waals surface area contributed by atoms with E-state index in [-0.39, 0.29) is 29.3 Å². The number of unbranched alkanes of at least 4 members (excludes halogenated alkanes) is 3. The molecule has 0 N–H and O–H groups in total. The summed E-state index contributed by atoms with van der Waals surface area (Å²) in [6, 6.07) is 0. The molecule has 0 radical (unpaired) electrons. The fraction of sp³-hybridized carbons (Fsp3) is 0.938. The van der Waals surface area contributed by atoms with E-state index in [9.17, 15) is 4.79 Å². The van der Waals surface area contributed by atoms with Crippen LogP contribution in [0.5, 0.6) is 0 Å². The normalized spacial score (nSPS) is 27.7. The molecule has 3 atom stereocenters. The Morgan fingerprint density at radius 3 is 2.47 bits per heavy atom. The van der Waals surface area contributed by atoms with Gasteiger partial charge in [0.25, 0.3) is 0 Å². The third kappa shape index (κ3) is 4.57. The van der Waals surface area contributed by atoms with E-state index in [1.807, 2.05) is 20.8 Å². The molecule has 0 aliphatic carbocycles. The lowest BCUT2D eigenvalue weighted by Crippen LogP contribution is -2.38. The van der Waals surface area contributed by atoms with E-state index >= 15 is 0 Å². The molecule has 0 saturated carbocycles. The SMILES string of the molecule is CCCCCC[C@H]1OC[C@H](C(=O)C(C)(C)C)[C@H]1OC. The lowest BCUT2D eigenvalue weighted by molar-refractivity contribution is -0.133. The molecule has 1 saturated heterocycles. The summed E-state index contributed by atoms with van der Waals surface area (Å²) in [4.78, 5) is 12.4. The summed E-state index contributed by atoms with van der Waals surface area (Å²) in [5.41, 5.74) is -0.318. The van der Waals surface area contributed by atoms with Crippen molar-refractivity contribution in [3.05, 3.63) is 0 Å². The van der Waals surface area contributed by atoms with Gasteiger partial charge >= 0.3 is 0 Å². The Kier molecular flexibility index (Phi) is 6.48. The second-order valence-corrected chi connectivity index (χ2v) is 6.64. The Morgan fingerprint density at radius 1 is 1.26 bits per heavy atom. The lowest BCUT2D eigenvalue weighted by Gasteiger charge is -2.26. The highest BCUT2D eigenvalue weighted by atomic mass is 16.5. The molecule has 0 aromatic carbocycles. The van der Waals surface area contributed by atoms with Crippen LogP contribution >= 0.6 is 0 Å². The van der Waals surface area contributed by atoms with Gasteiger partial charge in [-0.15, -0.1) is 0 Å². The van der Waals surface area contributed by atoms with Crippen molar-refractivity contribution in [1.29, 1.82) is 0 Å². The number of hydrogen-bond donors (Lipinski definition) is 0. The van der Waals surface area contributed by atoms with Crippen molar-refractivity contribution < 1.29 is 14.3 Å². The average molecular weight is 270 g/mol. The third-order valence-corrected chi connectivity index (χ3v) is 3.94. The summed E-state index contributed by atoms with van der Waals surface area (Å²) in [6.07, 6.45) is 5.96. The van der Waals surface area contributed by atoms with E-state index < -0.39 is 0 Å². The highest BCUT2D eigenvalue weighted by Crippen LogP contribution is 2.32. The first-order chi connectivity index (χ1) is 8.91. The summed E-state index contributed by atoms with van der Waals surface area (Å²) in [6.45, 7) is 8.64. The van der Waals surface area contributed by atoms with E-state index in [0.29, 0.717) is 6.61 Å². The quantitative estimate of drug-likeness (QED) is 0.663. The maximum absolute atomic E-state index is 12.4. The molecule has 0 unspecified atom stereocenters. The molecule has 1 rings (SSSR count). The minimum absolute atomic E-state index is 0.0617. The van der Waals surface area contributed by atoms with E-state index in [2.05, 4.69) is 6.92 Å². The van der Waals surface area contributed by atoms with Crippen LogP contribution in [-0.2, 0) is 14.3 Å². The van der Waals surface area contributed by atoms with Gasteiger partial charge in [0.2, 0.25) is 0 Å². The van der Waals surface area contributed by atoms with Crippen LogP contribution < -0.4 is 0 Å². The summed E-state index contributed by atoms with van der Waals surface area (Å²) >= 11 is 0. The molecule has 1 fully saturated rings. The first kappa shape index (κ1) is 16.6. The molecule has 112 valence electrons. The first-order valence-electron chi connectivity index (χ1n) is 7.60. The molecule has 1 aliphatic heterocycles. The molecule has 1 heterocycles. The molecular formula is C16H30O3. The molecule has 19 heavy (non-hydrogen) atoms. The number of carbonyl (C=O) groups is 1. The number of carbonyl (C=O) groups excluding carboxylic acids is 1. The second-order valence-electron chi connectivity index (χ2n) is 6.64. The predicted molar refractivity (Wildman–Crippen MR) is 77.2 cm³/mol. The van der Waals surface area contributed by atoms with Crippen LogP contribution in [0.15, 0.2) is 0 Å². The molecule has 0 aromatic heterocycles. The van der Waals surface area contributed by atoms with Gasteiger partial charge in [-0.25, -0.2) is 0 Å². The summed E-state index contributed by atoms with van der Waals surface area (Å²) in [5, 5.41) is 0. The predicted octanol–water partition coefficient (Wildman–Crippen LogP) is 3.60. The molecule has 0 spiro atoms. The lowest BCUT2D eigenvalue weighted by atomic mass is 9.80. The van der Waals surface area contributed by atoms with Gasteiger partial charge in [-0.05, 0) is 6.42 Å². The topological polar surface area (TPSA) is 35.5 Å². The second kappa shape index (κ2) is 7.39. The zero-order valence-corrected chi connectivity index (χ0v) is 13.2. The number of hydrogen-bond acceptors (Lipinski definition) is 3. The first-order valence-corrected chi connectivity index (χ1v) is 7.60. The molecule has 1 aliphatic rings. The van der Waals surface area contributed by atoms with Crippen molar-refractivity contribution >= 4 is 5.78 Å². The fourth-order valence-electron chi connectivity index (χ4n) is 2.79. The van der Waals surface area contributed by atoms with Gasteiger partial charge in [0.15, 0.2) is 0 Å². The number of ketones is 1. The summed E-state index contributed by atoms with van der Waals surface area (Å²) < 4.78 is 11.4. The maximum Gasteiger partial charge on any atom is 0.146 e. The molecule has 0 bridgehead atoms. The van der Waals surface area contributed by atoms with Crippen molar-refractivity contribution in [1.82, 2.24) is 0 Å². The van der Waals surface area contributed by atoms with Gasteiger partial charge in [0, 0.05) is 12.5 Å². The molecule has 3 heteroatoms. The van der Waals surface area contributed by atoms with Gasteiger partial charge in [-0.3, -0.25) is 4.79 Å². The van der Waals surface area contributed by atoms with E-state index in [1.54, 1.807) is 7.11 Å². The Morgan fingerprint density at radius 2 is 1.95 bits per heavy atom. The van der Waals surface area contributed by atoms with Crippen LogP contribution in [-0.4, -0.2) is 31.7 Å². The molecule has 0 aromatic rings. The van der Waals surface area contributed by atoms with Crippen molar-refractivity contribution in [3.63, 3.8) is 0 Å². The standard InChI is InChI=1S/C16H30O3/c1-6-7-8-9-10-13-14(18-5)12(11-19-13)15(17)16(2,3)4/h12-14H,6-11H2,1-5H3/t12-,13+,14+/m0/s1. The average Bonchev–Trinajstić information content (AvgIpc) is 2.75. The number of ether oxygens (including phenoxy) is 2. The largest absolute Gasteiger partial charge is 0.378 e. The van der Waals surface area contributed by atoms with Gasteiger partial charge in [-0.1, -0.05) is 53.4 Å². The van der Waals surface area contributed by atoms with E-state index in [0.717, 1.165) is 12.8 Å². The summed E-state index contributed by atoms with van der Waals surface area (Å²) in [7, 11) is 1.70. The van der Waals surface area contributed by atoms with Crippen LogP contribution in [0.1, 0.15) is 59.8 Å². The van der Waals surface area contributed by atoms with Crippen molar-refractivity contribution in [2.45, 2.75) is 72.0 Å². The molecular weight excluding hydrogens is 240 g/mol. The Hall–Kier alpha value is -0.410. The minimum atomic E-state index is -0.318. The fourth-order valence-corrected chi connectivity index (χ4v) is 2.79. The van der Waals surface area contributed by atoms with Gasteiger partial charge < -0.3 is 9.47 Å². The van der Waals surface area contributed by atoms with E-state index in [1.165, 1.54) is 19.3 Å². The Labute approximate surface area is 118 Å². The zero-order chi connectivity index (χ0) is 14.5. The molecule has 3 nitrogen and oxygen atoms in total. The number of Topliss-reactive ketones (excluding diaryl/α,β-unsaturated/α-hetero) is 1. The highest BCUT2D eigenvalue weighted by molar-refractivity contribution is 5.86. The summed E-state index contributed by atoms with van der Waals surface area (Å²) in [5.74, 6) is 0.164. The van der Waals surface area contributed by atoms with Crippen LogP contribution in [0, 0.1) is 11.3 Å². The Bertz CT molecular complexity index is 280. The minimum Gasteiger partial charge on any atom is -0.378 e. The van der Waals surface area contributed by atoms with Crippen molar-refractivity contribution in [3.8, 4) is 0 Å². The van der Waals surface area contributed by atoms with Crippen LogP contribution in [0.3, 0.4) is 0 Å². The highest BCUT2D eigenvalue weighted by Gasteiger charge is 2.44. The van der Waals surface area contributed by atoms with Gasteiger partial charge in [-0.2, -0.15) is 0 Å². The molecule has 0 amide bonds. The van der Waals surface area contributed by atoms with Crippen LogP contribution in [0.4, 0.5) is 0 Å². The van der Waals surface area contributed by atoms with Crippen LogP contribution in [0.2, 0.25) is 0 Å². The number of methoxy groups -OCH3 is 1. The maximum atomic E-state index is 12.4. The van der Waals surface area contributed by atoms with Gasteiger partial charge in [0.1, 0.15) is 5.78 Å². The van der Waals surface area contributed by atoms with Crippen LogP contribution in [0.25, 0.3) is 0 Å².